The lowest BCUT2D eigenvalue weighted by Gasteiger charge is -2.39. The maximum Gasteiger partial charge on any atom is 0.242 e. The second-order valence-electron chi connectivity index (χ2n) is 10.1. The van der Waals surface area contributed by atoms with Crippen molar-refractivity contribution in [3.05, 3.63) is 72.3 Å². The minimum Gasteiger partial charge on any atom is -0.497 e. The van der Waals surface area contributed by atoms with Gasteiger partial charge in [-0.25, -0.2) is 0 Å². The number of anilines is 1. The summed E-state index contributed by atoms with van der Waals surface area (Å²) < 4.78 is 5.22. The van der Waals surface area contributed by atoms with Crippen molar-refractivity contribution in [3.8, 4) is 17.0 Å². The Hall–Kier alpha value is -3.94. The summed E-state index contributed by atoms with van der Waals surface area (Å²) in [6.07, 6.45) is 2.92. The highest BCUT2D eigenvalue weighted by atomic mass is 16.5. The van der Waals surface area contributed by atoms with Gasteiger partial charge < -0.3 is 19.4 Å². The molecule has 1 aromatic heterocycles. The Kier molecular flexibility index (Phi) is 7.86. The standard InChI is InChI=1S/C30H35N5O3/c1-22(23-7-4-3-5-8-23)35(30(37)25-9-6-10-25)21-29(36)34-19-17-33(18-20-34)28-16-15-27(31-32-28)24-11-13-26(38-2)14-12-24/h3-5,7-8,11-16,22,25H,6,9-10,17-21H2,1-2H3/t22-/m1/s1. The molecule has 0 unspecified atom stereocenters. The van der Waals surface area contributed by atoms with E-state index in [2.05, 4.69) is 15.1 Å². The fourth-order valence-electron chi connectivity index (χ4n) is 5.05. The van der Waals surface area contributed by atoms with Gasteiger partial charge in [0, 0.05) is 37.7 Å². The maximum atomic E-state index is 13.3. The summed E-state index contributed by atoms with van der Waals surface area (Å²) >= 11 is 0. The Bertz CT molecular complexity index is 1220. The average Bonchev–Trinajstić information content (AvgIpc) is 2.95. The third kappa shape index (κ3) is 5.64. The fraction of sp³-hybridized carbons (Fsp3) is 0.400. The molecule has 0 spiro atoms. The van der Waals surface area contributed by atoms with Crippen molar-refractivity contribution in [2.45, 2.75) is 32.2 Å². The number of methoxy groups -OCH3 is 1. The average molecular weight is 514 g/mol. The predicted molar refractivity (Wildman–Crippen MR) is 147 cm³/mol. The van der Waals surface area contributed by atoms with Crippen molar-refractivity contribution in [2.75, 3.05) is 44.7 Å². The van der Waals surface area contributed by atoms with Gasteiger partial charge in [0.15, 0.2) is 5.82 Å². The number of rotatable bonds is 8. The van der Waals surface area contributed by atoms with E-state index in [0.29, 0.717) is 26.2 Å². The zero-order chi connectivity index (χ0) is 26.5. The molecule has 2 aliphatic rings. The van der Waals surface area contributed by atoms with Crippen molar-refractivity contribution >= 4 is 17.6 Å². The summed E-state index contributed by atoms with van der Waals surface area (Å²) in [4.78, 5) is 32.4. The highest BCUT2D eigenvalue weighted by Gasteiger charge is 2.34. The Labute approximate surface area is 224 Å². The number of hydrogen-bond acceptors (Lipinski definition) is 6. The molecule has 1 saturated carbocycles. The number of amides is 2. The summed E-state index contributed by atoms with van der Waals surface area (Å²) in [6, 6.07) is 21.5. The molecule has 3 aromatic rings. The molecule has 0 N–H and O–H groups in total. The number of carbonyl (C=O) groups excluding carboxylic acids is 2. The largest absolute Gasteiger partial charge is 0.497 e. The first-order chi connectivity index (χ1) is 18.5. The van der Waals surface area contributed by atoms with Crippen molar-refractivity contribution in [1.29, 1.82) is 0 Å². The van der Waals surface area contributed by atoms with Crippen LogP contribution in [-0.4, -0.2) is 71.6 Å². The number of piperazine rings is 1. The highest BCUT2D eigenvalue weighted by molar-refractivity contribution is 5.87. The van der Waals surface area contributed by atoms with Crippen LogP contribution in [0.2, 0.25) is 0 Å². The first-order valence-electron chi connectivity index (χ1n) is 13.4. The van der Waals surface area contributed by atoms with Gasteiger partial charge in [0.2, 0.25) is 11.8 Å². The van der Waals surface area contributed by atoms with Crippen LogP contribution in [0.1, 0.15) is 37.8 Å². The zero-order valence-corrected chi connectivity index (χ0v) is 22.1. The predicted octanol–water partition coefficient (Wildman–Crippen LogP) is 4.19. The van der Waals surface area contributed by atoms with E-state index in [1.165, 1.54) is 0 Å². The van der Waals surface area contributed by atoms with Crippen molar-refractivity contribution < 1.29 is 14.3 Å². The van der Waals surface area contributed by atoms with E-state index < -0.39 is 0 Å². The molecule has 1 aliphatic carbocycles. The molecule has 1 atom stereocenters. The third-order valence-corrected chi connectivity index (χ3v) is 7.79. The van der Waals surface area contributed by atoms with Gasteiger partial charge in [-0.1, -0.05) is 36.8 Å². The number of carbonyl (C=O) groups is 2. The van der Waals surface area contributed by atoms with Crippen LogP contribution >= 0.6 is 0 Å². The number of aromatic nitrogens is 2. The number of benzene rings is 2. The van der Waals surface area contributed by atoms with E-state index in [4.69, 9.17) is 4.74 Å². The lowest BCUT2D eigenvalue weighted by Crippen LogP contribution is -2.53. The molecule has 38 heavy (non-hydrogen) atoms. The van der Waals surface area contributed by atoms with Crippen molar-refractivity contribution in [1.82, 2.24) is 20.0 Å². The lowest BCUT2D eigenvalue weighted by molar-refractivity contribution is -0.147. The van der Waals surface area contributed by atoms with Gasteiger partial charge in [0.25, 0.3) is 0 Å². The molecule has 2 amide bonds. The van der Waals surface area contributed by atoms with Gasteiger partial charge in [-0.15, -0.1) is 10.2 Å². The molecule has 2 fully saturated rings. The molecular formula is C30H35N5O3. The van der Waals surface area contributed by atoms with Gasteiger partial charge >= 0.3 is 0 Å². The van der Waals surface area contributed by atoms with Crippen LogP contribution in [0.25, 0.3) is 11.3 Å². The maximum absolute atomic E-state index is 13.3. The molecule has 1 saturated heterocycles. The minimum atomic E-state index is -0.144. The van der Waals surface area contributed by atoms with Crippen LogP contribution in [0.4, 0.5) is 5.82 Å². The van der Waals surface area contributed by atoms with E-state index in [9.17, 15) is 9.59 Å². The summed E-state index contributed by atoms with van der Waals surface area (Å²) in [5, 5.41) is 8.86. The summed E-state index contributed by atoms with van der Waals surface area (Å²) in [6.45, 7) is 4.66. The second kappa shape index (κ2) is 11.6. The number of nitrogens with zero attached hydrogens (tertiary/aromatic N) is 5. The summed E-state index contributed by atoms with van der Waals surface area (Å²) in [7, 11) is 1.65. The Balaban J connectivity index is 1.19. The van der Waals surface area contributed by atoms with Gasteiger partial charge in [-0.2, -0.15) is 0 Å². The van der Waals surface area contributed by atoms with E-state index in [0.717, 1.165) is 47.7 Å². The monoisotopic (exact) mass is 513 g/mol. The fourth-order valence-corrected chi connectivity index (χ4v) is 5.05. The van der Waals surface area contributed by atoms with E-state index in [1.54, 1.807) is 12.0 Å². The van der Waals surface area contributed by atoms with Crippen molar-refractivity contribution in [3.63, 3.8) is 0 Å². The van der Waals surface area contributed by atoms with Crippen LogP contribution in [0, 0.1) is 5.92 Å². The van der Waals surface area contributed by atoms with Crippen LogP contribution in [-0.2, 0) is 9.59 Å². The number of ether oxygens (including phenoxy) is 1. The summed E-state index contributed by atoms with van der Waals surface area (Å²) in [5.41, 5.74) is 2.83. The topological polar surface area (TPSA) is 78.9 Å². The van der Waals surface area contributed by atoms with Crippen molar-refractivity contribution in [2.24, 2.45) is 5.92 Å². The molecule has 0 radical (unpaired) electrons. The van der Waals surface area contributed by atoms with Gasteiger partial charge in [-0.05, 0) is 61.7 Å². The van der Waals surface area contributed by atoms with E-state index >= 15 is 0 Å². The normalized spacial score (nSPS) is 16.5. The van der Waals surface area contributed by atoms with Gasteiger partial charge in [0.1, 0.15) is 12.3 Å². The van der Waals surface area contributed by atoms with Gasteiger partial charge in [0.05, 0.1) is 18.8 Å². The van der Waals surface area contributed by atoms with Crippen LogP contribution in [0.15, 0.2) is 66.7 Å². The molecule has 0 bridgehead atoms. The lowest BCUT2D eigenvalue weighted by atomic mass is 9.84. The molecule has 5 rings (SSSR count). The number of hydrogen-bond donors (Lipinski definition) is 0. The Morgan fingerprint density at radius 3 is 2.24 bits per heavy atom. The Morgan fingerprint density at radius 2 is 1.66 bits per heavy atom. The smallest absolute Gasteiger partial charge is 0.242 e. The van der Waals surface area contributed by atoms with Crippen LogP contribution < -0.4 is 9.64 Å². The second-order valence-corrected chi connectivity index (χ2v) is 10.1. The molecule has 198 valence electrons. The first kappa shape index (κ1) is 25.7. The molecule has 2 heterocycles. The molecule has 1 aliphatic heterocycles. The first-order valence-corrected chi connectivity index (χ1v) is 13.4. The quantitative estimate of drug-likeness (QED) is 0.450. The highest BCUT2D eigenvalue weighted by Crippen LogP contribution is 2.32. The zero-order valence-electron chi connectivity index (χ0n) is 22.1. The van der Waals surface area contributed by atoms with E-state index in [1.807, 2.05) is 78.6 Å². The van der Waals surface area contributed by atoms with E-state index in [-0.39, 0.29) is 30.3 Å². The van der Waals surface area contributed by atoms with Crippen LogP contribution in [0.5, 0.6) is 5.75 Å². The third-order valence-electron chi connectivity index (χ3n) is 7.79. The molecule has 8 heteroatoms. The molecular weight excluding hydrogens is 478 g/mol. The Morgan fingerprint density at radius 1 is 0.947 bits per heavy atom. The SMILES string of the molecule is COc1ccc(-c2ccc(N3CCN(C(=O)CN(C(=O)C4CCC4)[C@H](C)c4ccccc4)CC3)nn2)cc1. The molecule has 8 nitrogen and oxygen atoms in total. The van der Waals surface area contributed by atoms with Gasteiger partial charge in [-0.3, -0.25) is 9.59 Å². The molecule has 2 aromatic carbocycles. The summed E-state index contributed by atoms with van der Waals surface area (Å²) in [5.74, 6) is 1.75. The van der Waals surface area contributed by atoms with Crippen LogP contribution in [0.3, 0.4) is 0 Å². The minimum absolute atomic E-state index is 0.000965.